The summed E-state index contributed by atoms with van der Waals surface area (Å²) in [5, 5.41) is 9.42. The average Bonchev–Trinajstić information content (AvgIpc) is 2.84. The maximum atomic E-state index is 15.2. The second-order valence-electron chi connectivity index (χ2n) is 6.76. The summed E-state index contributed by atoms with van der Waals surface area (Å²) in [6.07, 6.45) is 0.355. The lowest BCUT2D eigenvalue weighted by Crippen LogP contribution is -2.41. The molecule has 0 amide bonds. The summed E-state index contributed by atoms with van der Waals surface area (Å²) in [6.45, 7) is 0. The molecule has 2 aromatic carbocycles. The Labute approximate surface area is 193 Å². The number of nitrogens with two attached hydrogens (primary N) is 1. The first-order chi connectivity index (χ1) is 15.8. The zero-order valence-electron chi connectivity index (χ0n) is 17.5. The molecule has 0 aliphatic carbocycles. The topological polar surface area (TPSA) is 123 Å². The molecule has 0 aromatic heterocycles. The minimum absolute atomic E-state index is 0.135. The Hall–Kier alpha value is -4.16. The first-order valence-electron chi connectivity index (χ1n) is 9.41. The fraction of sp³-hybridized carbons (Fsp3) is 0.130. The van der Waals surface area contributed by atoms with Gasteiger partial charge in [0.1, 0.15) is 11.5 Å². The van der Waals surface area contributed by atoms with E-state index in [-0.39, 0.29) is 28.2 Å². The number of hydrogen-bond donors (Lipinski definition) is 1. The van der Waals surface area contributed by atoms with E-state index in [1.165, 1.54) is 6.07 Å². The predicted molar refractivity (Wildman–Crippen MR) is 116 cm³/mol. The normalized spacial score (nSPS) is 15.7. The van der Waals surface area contributed by atoms with Crippen LogP contribution in [0, 0.1) is 17.1 Å². The number of aldehydes is 1. The standard InChI is InChI=1S/C23H17ClFN3O5/c1-32-22(30)17-16(12-6-4-3-5-7-12)14(10-26)21(27)28(20(17)23(31)33-2)15-9-8-13(11-29)18(24)19(15)25/h3-9,11,16H,27H2,1-2H3. The van der Waals surface area contributed by atoms with Gasteiger partial charge in [-0.15, -0.1) is 0 Å². The second-order valence-corrected chi connectivity index (χ2v) is 7.13. The van der Waals surface area contributed by atoms with Gasteiger partial charge in [-0.3, -0.25) is 9.69 Å². The van der Waals surface area contributed by atoms with Gasteiger partial charge in [0.05, 0.1) is 48.1 Å². The van der Waals surface area contributed by atoms with Gasteiger partial charge in [0.25, 0.3) is 0 Å². The average molecular weight is 470 g/mol. The van der Waals surface area contributed by atoms with Gasteiger partial charge in [-0.1, -0.05) is 41.9 Å². The van der Waals surface area contributed by atoms with E-state index in [1.54, 1.807) is 30.3 Å². The SMILES string of the molecule is COC(=O)C1=C(C(=O)OC)N(c2ccc(C=O)c(Cl)c2F)C(N)=C(C#N)C1c1ccccc1. The summed E-state index contributed by atoms with van der Waals surface area (Å²) in [4.78, 5) is 37.9. The number of halogens is 2. The van der Waals surface area contributed by atoms with Crippen LogP contribution in [0.15, 0.2) is 65.1 Å². The minimum Gasteiger partial charge on any atom is -0.466 e. The monoisotopic (exact) mass is 469 g/mol. The van der Waals surface area contributed by atoms with Crippen molar-refractivity contribution in [3.8, 4) is 6.07 Å². The summed E-state index contributed by atoms with van der Waals surface area (Å²) >= 11 is 5.97. The van der Waals surface area contributed by atoms with Crippen LogP contribution in [-0.2, 0) is 19.1 Å². The van der Waals surface area contributed by atoms with Crippen LogP contribution in [0.1, 0.15) is 21.8 Å². The third-order valence-corrected chi connectivity index (χ3v) is 5.45. The van der Waals surface area contributed by atoms with Crippen molar-refractivity contribution in [1.29, 1.82) is 5.26 Å². The van der Waals surface area contributed by atoms with Crippen LogP contribution < -0.4 is 10.6 Å². The summed E-state index contributed by atoms with van der Waals surface area (Å²) in [6, 6.07) is 12.7. The summed E-state index contributed by atoms with van der Waals surface area (Å²) < 4.78 is 25.0. The maximum absolute atomic E-state index is 15.2. The molecular weight excluding hydrogens is 453 g/mol. The molecular formula is C23H17ClFN3O5. The van der Waals surface area contributed by atoms with Gasteiger partial charge in [0, 0.05) is 5.56 Å². The number of benzene rings is 2. The molecule has 0 saturated heterocycles. The predicted octanol–water partition coefficient (Wildman–Crippen LogP) is 3.19. The highest BCUT2D eigenvalue weighted by Gasteiger charge is 2.43. The first-order valence-corrected chi connectivity index (χ1v) is 9.78. The Morgan fingerprint density at radius 1 is 1.15 bits per heavy atom. The number of methoxy groups -OCH3 is 2. The number of nitriles is 1. The van der Waals surface area contributed by atoms with E-state index in [1.807, 2.05) is 6.07 Å². The van der Waals surface area contributed by atoms with E-state index < -0.39 is 34.4 Å². The molecule has 3 rings (SSSR count). The van der Waals surface area contributed by atoms with Crippen molar-refractivity contribution in [2.75, 3.05) is 19.1 Å². The van der Waals surface area contributed by atoms with Crippen LogP contribution in [0.4, 0.5) is 10.1 Å². The van der Waals surface area contributed by atoms with Crippen molar-refractivity contribution in [1.82, 2.24) is 0 Å². The van der Waals surface area contributed by atoms with Crippen molar-refractivity contribution in [3.63, 3.8) is 0 Å². The number of carbonyl (C=O) groups excluding carboxylic acids is 3. The number of rotatable bonds is 5. The molecule has 8 nitrogen and oxygen atoms in total. The van der Waals surface area contributed by atoms with Crippen molar-refractivity contribution in [2.24, 2.45) is 5.73 Å². The summed E-state index contributed by atoms with van der Waals surface area (Å²) in [5.41, 5.74) is 5.36. The molecule has 0 radical (unpaired) electrons. The largest absolute Gasteiger partial charge is 0.466 e. The van der Waals surface area contributed by atoms with Crippen LogP contribution in [0.3, 0.4) is 0 Å². The van der Waals surface area contributed by atoms with E-state index in [4.69, 9.17) is 26.8 Å². The van der Waals surface area contributed by atoms with E-state index in [2.05, 4.69) is 0 Å². The van der Waals surface area contributed by atoms with Gasteiger partial charge in [-0.2, -0.15) is 5.26 Å². The third kappa shape index (κ3) is 3.92. The number of hydrogen-bond acceptors (Lipinski definition) is 8. The van der Waals surface area contributed by atoms with Crippen LogP contribution >= 0.6 is 11.6 Å². The van der Waals surface area contributed by atoms with Crippen molar-refractivity contribution < 1.29 is 28.2 Å². The Bertz CT molecular complexity index is 1250. The minimum atomic E-state index is -1.10. The smallest absolute Gasteiger partial charge is 0.355 e. The van der Waals surface area contributed by atoms with E-state index in [0.717, 1.165) is 25.2 Å². The lowest BCUT2D eigenvalue weighted by molar-refractivity contribution is -0.139. The van der Waals surface area contributed by atoms with Gasteiger partial charge in [-0.05, 0) is 17.7 Å². The van der Waals surface area contributed by atoms with E-state index in [0.29, 0.717) is 11.8 Å². The van der Waals surface area contributed by atoms with E-state index in [9.17, 15) is 19.6 Å². The van der Waals surface area contributed by atoms with Crippen molar-refractivity contribution in [3.05, 3.63) is 87.1 Å². The Kier molecular flexibility index (Phi) is 6.80. The van der Waals surface area contributed by atoms with E-state index >= 15 is 4.39 Å². The molecule has 2 aromatic rings. The quantitative estimate of drug-likeness (QED) is 0.523. The zero-order valence-corrected chi connectivity index (χ0v) is 18.2. The van der Waals surface area contributed by atoms with Gasteiger partial charge in [-0.25, -0.2) is 14.0 Å². The molecule has 0 spiro atoms. The van der Waals surface area contributed by atoms with Gasteiger partial charge < -0.3 is 15.2 Å². The molecule has 1 heterocycles. The highest BCUT2D eigenvalue weighted by molar-refractivity contribution is 6.33. The van der Waals surface area contributed by atoms with Gasteiger partial charge in [0.2, 0.25) is 0 Å². The number of nitrogens with zero attached hydrogens (tertiary/aromatic N) is 2. The number of ether oxygens (including phenoxy) is 2. The van der Waals surface area contributed by atoms with Crippen LogP contribution in [0.2, 0.25) is 5.02 Å². The molecule has 0 bridgehead atoms. The maximum Gasteiger partial charge on any atom is 0.355 e. The third-order valence-electron chi connectivity index (χ3n) is 5.07. The molecule has 33 heavy (non-hydrogen) atoms. The lowest BCUT2D eigenvalue weighted by Gasteiger charge is -2.36. The van der Waals surface area contributed by atoms with Gasteiger partial charge >= 0.3 is 11.9 Å². The summed E-state index contributed by atoms with van der Waals surface area (Å²) in [5.74, 6) is -4.50. The van der Waals surface area contributed by atoms with Crippen LogP contribution in [0.25, 0.3) is 0 Å². The highest BCUT2D eigenvalue weighted by atomic mass is 35.5. The Morgan fingerprint density at radius 3 is 2.33 bits per heavy atom. The fourth-order valence-electron chi connectivity index (χ4n) is 3.58. The number of esters is 2. The molecule has 168 valence electrons. The molecule has 1 aliphatic rings. The molecule has 0 saturated carbocycles. The molecule has 0 fully saturated rings. The van der Waals surface area contributed by atoms with Crippen molar-refractivity contribution in [2.45, 2.75) is 5.92 Å². The number of allylic oxidation sites excluding steroid dienone is 1. The fourth-order valence-corrected chi connectivity index (χ4v) is 3.79. The van der Waals surface area contributed by atoms with Gasteiger partial charge in [0.15, 0.2) is 12.1 Å². The molecule has 10 heteroatoms. The number of anilines is 1. The zero-order chi connectivity index (χ0) is 24.3. The van der Waals surface area contributed by atoms with Crippen LogP contribution in [-0.4, -0.2) is 32.4 Å². The molecule has 1 atom stereocenters. The molecule has 1 aliphatic heterocycles. The first kappa shape index (κ1) is 23.5. The number of carbonyl (C=O) groups is 3. The van der Waals surface area contributed by atoms with Crippen molar-refractivity contribution >= 4 is 35.5 Å². The summed E-state index contributed by atoms with van der Waals surface area (Å²) in [7, 11) is 2.17. The lowest BCUT2D eigenvalue weighted by atomic mass is 9.81. The Balaban J connectivity index is 2.46. The molecule has 1 unspecified atom stereocenters. The second kappa shape index (κ2) is 9.54. The molecule has 2 N–H and O–H groups in total. The Morgan fingerprint density at radius 2 is 1.79 bits per heavy atom. The van der Waals surface area contributed by atoms with Crippen LogP contribution in [0.5, 0.6) is 0 Å². The highest BCUT2D eigenvalue weighted by Crippen LogP contribution is 2.44.